The molecule has 1 aromatic heterocycles. The van der Waals surface area contributed by atoms with E-state index in [0.717, 1.165) is 17.9 Å². The van der Waals surface area contributed by atoms with E-state index in [1.807, 2.05) is 0 Å². The molecule has 2 aliphatic rings. The van der Waals surface area contributed by atoms with Crippen LogP contribution in [0.4, 0.5) is 0 Å². The van der Waals surface area contributed by atoms with Crippen LogP contribution in [0.3, 0.4) is 0 Å². The first kappa shape index (κ1) is 8.58. The Bertz CT molecular complexity index is 319. The second kappa shape index (κ2) is 2.88. The molecule has 14 heavy (non-hydrogen) atoms. The summed E-state index contributed by atoms with van der Waals surface area (Å²) in [5, 5.41) is 0. The first-order valence-electron chi connectivity index (χ1n) is 5.93. The van der Waals surface area contributed by atoms with Gasteiger partial charge >= 0.3 is 0 Å². The molecule has 0 aromatic carbocycles. The average molecular weight is 189 g/mol. The van der Waals surface area contributed by atoms with Crippen molar-refractivity contribution in [3.05, 3.63) is 23.5 Å². The van der Waals surface area contributed by atoms with Gasteiger partial charge in [-0.2, -0.15) is 0 Å². The summed E-state index contributed by atoms with van der Waals surface area (Å²) in [6.45, 7) is 4.49. The highest BCUT2D eigenvalue weighted by Crippen LogP contribution is 2.59. The van der Waals surface area contributed by atoms with E-state index in [1.54, 1.807) is 0 Å². The van der Waals surface area contributed by atoms with E-state index in [1.165, 1.54) is 37.1 Å². The van der Waals surface area contributed by atoms with Crippen LogP contribution < -0.4 is 0 Å². The quantitative estimate of drug-likeness (QED) is 0.637. The summed E-state index contributed by atoms with van der Waals surface area (Å²) in [6, 6.07) is 5.40. The van der Waals surface area contributed by atoms with Crippen molar-refractivity contribution in [2.24, 2.45) is 11.8 Å². The lowest BCUT2D eigenvalue weighted by atomic mass is 10.0. The predicted octanol–water partition coefficient (Wildman–Crippen LogP) is 3.47. The zero-order valence-electron chi connectivity index (χ0n) is 9.16. The minimum Gasteiger partial charge on any atom is -0.346 e. The summed E-state index contributed by atoms with van der Waals surface area (Å²) in [5.74, 6) is 2.04. The van der Waals surface area contributed by atoms with Gasteiger partial charge in [0.1, 0.15) is 0 Å². The molecular weight excluding hydrogens is 170 g/mol. The van der Waals surface area contributed by atoms with E-state index < -0.39 is 0 Å². The summed E-state index contributed by atoms with van der Waals surface area (Å²) in [4.78, 5) is 0. The molecule has 0 spiro atoms. The highest BCUT2D eigenvalue weighted by atomic mass is 15.1. The molecule has 2 aliphatic carbocycles. The zero-order chi connectivity index (χ0) is 9.71. The summed E-state index contributed by atoms with van der Waals surface area (Å²) in [7, 11) is 0. The fraction of sp³-hybridized carbons (Fsp3) is 0.692. The third-order valence-electron chi connectivity index (χ3n) is 4.24. The topological polar surface area (TPSA) is 4.93 Å². The van der Waals surface area contributed by atoms with Gasteiger partial charge in [0.15, 0.2) is 0 Å². The Hall–Kier alpha value is -0.720. The summed E-state index contributed by atoms with van der Waals surface area (Å²) >= 11 is 0. The average Bonchev–Trinajstić information content (AvgIpc) is 2.82. The van der Waals surface area contributed by atoms with Crippen molar-refractivity contribution in [2.75, 3.05) is 0 Å². The Labute approximate surface area is 86.1 Å². The Balaban J connectivity index is 1.90. The van der Waals surface area contributed by atoms with Crippen molar-refractivity contribution < 1.29 is 0 Å². The third-order valence-corrected chi connectivity index (χ3v) is 4.24. The zero-order valence-corrected chi connectivity index (χ0v) is 9.16. The number of hydrogen-bond acceptors (Lipinski definition) is 0. The van der Waals surface area contributed by atoms with Crippen molar-refractivity contribution in [1.29, 1.82) is 0 Å². The molecule has 0 radical (unpaired) electrons. The molecule has 2 atom stereocenters. The van der Waals surface area contributed by atoms with Crippen LogP contribution in [-0.2, 0) is 0 Å². The lowest BCUT2D eigenvalue weighted by molar-refractivity contribution is 0.480. The van der Waals surface area contributed by atoms with E-state index in [-0.39, 0.29) is 0 Å². The molecule has 2 unspecified atom stereocenters. The number of aryl methyl sites for hydroxylation is 2. The maximum Gasteiger partial charge on any atom is 0.0398 e. The van der Waals surface area contributed by atoms with E-state index in [9.17, 15) is 0 Å². The van der Waals surface area contributed by atoms with Crippen LogP contribution in [-0.4, -0.2) is 4.57 Å². The van der Waals surface area contributed by atoms with Crippen molar-refractivity contribution in [2.45, 2.75) is 45.6 Å². The molecule has 0 bridgehead atoms. The number of fused-ring (bicyclic) bond motifs is 1. The SMILES string of the molecule is Cc1ccc(C)n1C1C2CCCCC21. The molecule has 1 nitrogen and oxygen atoms in total. The lowest BCUT2D eigenvalue weighted by Gasteiger charge is -2.08. The Morgan fingerprint density at radius 1 is 1.00 bits per heavy atom. The Kier molecular flexibility index (Phi) is 1.77. The smallest absolute Gasteiger partial charge is 0.0398 e. The van der Waals surface area contributed by atoms with E-state index in [2.05, 4.69) is 30.5 Å². The molecule has 1 heterocycles. The Morgan fingerprint density at radius 3 is 2.00 bits per heavy atom. The van der Waals surface area contributed by atoms with Gasteiger partial charge in [0.25, 0.3) is 0 Å². The van der Waals surface area contributed by atoms with Crippen LogP contribution in [0.5, 0.6) is 0 Å². The van der Waals surface area contributed by atoms with Gasteiger partial charge in [0.05, 0.1) is 0 Å². The fourth-order valence-corrected chi connectivity index (χ4v) is 3.49. The first-order valence-corrected chi connectivity index (χ1v) is 5.93. The van der Waals surface area contributed by atoms with Gasteiger partial charge in [0.2, 0.25) is 0 Å². The van der Waals surface area contributed by atoms with Gasteiger partial charge in [0, 0.05) is 17.4 Å². The second-order valence-corrected chi connectivity index (χ2v) is 5.09. The van der Waals surface area contributed by atoms with Crippen LogP contribution in [0, 0.1) is 25.7 Å². The molecule has 0 saturated heterocycles. The van der Waals surface area contributed by atoms with Gasteiger partial charge in [-0.05, 0) is 50.7 Å². The van der Waals surface area contributed by atoms with Crippen LogP contribution in [0.15, 0.2) is 12.1 Å². The van der Waals surface area contributed by atoms with Crippen LogP contribution in [0.25, 0.3) is 0 Å². The van der Waals surface area contributed by atoms with Gasteiger partial charge in [-0.1, -0.05) is 12.8 Å². The lowest BCUT2D eigenvalue weighted by Crippen LogP contribution is -2.01. The van der Waals surface area contributed by atoms with E-state index in [4.69, 9.17) is 0 Å². The second-order valence-electron chi connectivity index (χ2n) is 5.09. The van der Waals surface area contributed by atoms with Crippen molar-refractivity contribution in [3.8, 4) is 0 Å². The summed E-state index contributed by atoms with van der Waals surface area (Å²) in [5.41, 5.74) is 2.92. The normalized spacial score (nSPS) is 35.4. The molecular formula is C13H19N. The van der Waals surface area contributed by atoms with E-state index in [0.29, 0.717) is 0 Å². The summed E-state index contributed by atoms with van der Waals surface area (Å²) < 4.78 is 2.58. The van der Waals surface area contributed by atoms with Crippen LogP contribution in [0.1, 0.15) is 43.1 Å². The largest absolute Gasteiger partial charge is 0.346 e. The molecule has 1 aromatic rings. The van der Waals surface area contributed by atoms with Gasteiger partial charge in [-0.25, -0.2) is 0 Å². The van der Waals surface area contributed by atoms with Crippen LogP contribution in [0.2, 0.25) is 0 Å². The first-order chi connectivity index (χ1) is 6.79. The molecule has 1 heteroatoms. The highest BCUT2D eigenvalue weighted by Gasteiger charge is 2.52. The number of aromatic nitrogens is 1. The third kappa shape index (κ3) is 1.08. The molecule has 2 saturated carbocycles. The molecule has 3 rings (SSSR count). The van der Waals surface area contributed by atoms with Crippen molar-refractivity contribution >= 4 is 0 Å². The molecule has 0 amide bonds. The Morgan fingerprint density at radius 2 is 1.50 bits per heavy atom. The van der Waals surface area contributed by atoms with Crippen molar-refractivity contribution in [3.63, 3.8) is 0 Å². The standard InChI is InChI=1S/C13H19N/c1-9-7-8-10(2)14(9)13-11-5-3-4-6-12(11)13/h7-8,11-13H,3-6H2,1-2H3. The minimum atomic E-state index is 0.868. The molecule has 0 N–H and O–H groups in total. The molecule has 0 aliphatic heterocycles. The number of rotatable bonds is 1. The summed E-state index contributed by atoms with van der Waals surface area (Å²) in [6.07, 6.45) is 5.90. The minimum absolute atomic E-state index is 0.868. The molecule has 76 valence electrons. The van der Waals surface area contributed by atoms with Crippen LogP contribution >= 0.6 is 0 Å². The molecule has 2 fully saturated rings. The van der Waals surface area contributed by atoms with E-state index >= 15 is 0 Å². The maximum atomic E-state index is 2.58. The fourth-order valence-electron chi connectivity index (χ4n) is 3.49. The predicted molar refractivity (Wildman–Crippen MR) is 58.4 cm³/mol. The van der Waals surface area contributed by atoms with Gasteiger partial charge in [-0.15, -0.1) is 0 Å². The van der Waals surface area contributed by atoms with Gasteiger partial charge < -0.3 is 4.57 Å². The number of nitrogens with zero attached hydrogens (tertiary/aromatic N) is 1. The maximum absolute atomic E-state index is 2.58. The monoisotopic (exact) mass is 189 g/mol. The number of hydrogen-bond donors (Lipinski definition) is 0. The highest BCUT2D eigenvalue weighted by molar-refractivity contribution is 5.20. The van der Waals surface area contributed by atoms with Crippen molar-refractivity contribution in [1.82, 2.24) is 4.57 Å². The van der Waals surface area contributed by atoms with Gasteiger partial charge in [-0.3, -0.25) is 0 Å².